The third-order valence-corrected chi connectivity index (χ3v) is 4.53. The second-order valence-electron chi connectivity index (χ2n) is 6.32. The van der Waals surface area contributed by atoms with Crippen molar-refractivity contribution in [1.82, 2.24) is 20.4 Å². The van der Waals surface area contributed by atoms with E-state index in [0.717, 1.165) is 0 Å². The highest BCUT2D eigenvalue weighted by Gasteiger charge is 2.17. The minimum absolute atomic E-state index is 0.129. The summed E-state index contributed by atoms with van der Waals surface area (Å²) in [7, 11) is 0. The van der Waals surface area contributed by atoms with Gasteiger partial charge in [0.2, 0.25) is 5.89 Å². The van der Waals surface area contributed by atoms with E-state index in [9.17, 15) is 9.59 Å². The second-order valence-corrected chi connectivity index (χ2v) is 6.32. The number of carbonyl (C=O) groups is 1. The first-order valence-corrected chi connectivity index (χ1v) is 8.81. The van der Waals surface area contributed by atoms with Crippen LogP contribution in [0.1, 0.15) is 10.4 Å². The average molecular weight is 383 g/mol. The standard InChI is InChI=1S/C21H13N5O3/c27-19(14-8-5-11-17-18(14)25-26-24-17)22-15-9-3-1-6-12(15)20-23-16-10-4-2-7-13(16)21(28)29-20/h1-11H,(H,22,27)(H,24,25,26). The number of benzene rings is 3. The highest BCUT2D eigenvalue weighted by molar-refractivity contribution is 6.12. The predicted octanol–water partition coefficient (Wildman–Crippen LogP) is 3.38. The van der Waals surface area contributed by atoms with Crippen LogP contribution in [-0.4, -0.2) is 26.3 Å². The molecule has 140 valence electrons. The first-order valence-electron chi connectivity index (χ1n) is 8.81. The van der Waals surface area contributed by atoms with Crippen LogP contribution >= 0.6 is 0 Å². The smallest absolute Gasteiger partial charge is 0.347 e. The molecule has 8 heteroatoms. The fourth-order valence-electron chi connectivity index (χ4n) is 3.15. The third kappa shape index (κ3) is 2.92. The van der Waals surface area contributed by atoms with E-state index in [4.69, 9.17) is 4.42 Å². The number of hydrogen-bond donors (Lipinski definition) is 2. The first kappa shape index (κ1) is 16.8. The van der Waals surface area contributed by atoms with Gasteiger partial charge in [-0.2, -0.15) is 15.4 Å². The Hall–Kier alpha value is -4.33. The number of carbonyl (C=O) groups excluding carboxylic acids is 1. The van der Waals surface area contributed by atoms with Gasteiger partial charge in [0, 0.05) is 0 Å². The molecule has 3 aromatic carbocycles. The number of rotatable bonds is 3. The van der Waals surface area contributed by atoms with E-state index >= 15 is 0 Å². The molecule has 0 spiro atoms. The van der Waals surface area contributed by atoms with Crippen LogP contribution in [0.4, 0.5) is 5.69 Å². The summed E-state index contributed by atoms with van der Waals surface area (Å²) in [4.78, 5) is 29.7. The largest absolute Gasteiger partial charge is 0.403 e. The van der Waals surface area contributed by atoms with Crippen LogP contribution in [0.5, 0.6) is 0 Å². The SMILES string of the molecule is O=C(Nc1ccccc1-c1nc2ccccc2c(=O)o1)c1cccc2n[nH]nc12. The molecule has 0 radical (unpaired) electrons. The molecule has 2 heterocycles. The molecule has 0 bridgehead atoms. The van der Waals surface area contributed by atoms with Crippen molar-refractivity contribution >= 4 is 33.5 Å². The molecule has 2 aromatic heterocycles. The van der Waals surface area contributed by atoms with Crippen LogP contribution in [0, 0.1) is 0 Å². The lowest BCUT2D eigenvalue weighted by Crippen LogP contribution is -2.13. The molecule has 0 saturated heterocycles. The molecule has 0 saturated carbocycles. The number of hydrogen-bond acceptors (Lipinski definition) is 6. The molecule has 0 aliphatic carbocycles. The minimum atomic E-state index is -0.487. The van der Waals surface area contributed by atoms with E-state index in [1.54, 1.807) is 66.7 Å². The zero-order chi connectivity index (χ0) is 19.8. The molecule has 5 rings (SSSR count). The summed E-state index contributed by atoms with van der Waals surface area (Å²) < 4.78 is 5.42. The van der Waals surface area contributed by atoms with Crippen LogP contribution in [0.3, 0.4) is 0 Å². The van der Waals surface area contributed by atoms with E-state index < -0.39 is 5.63 Å². The number of nitrogens with one attached hydrogen (secondary N) is 2. The third-order valence-electron chi connectivity index (χ3n) is 4.53. The van der Waals surface area contributed by atoms with E-state index in [0.29, 0.717) is 38.8 Å². The zero-order valence-corrected chi connectivity index (χ0v) is 14.9. The van der Waals surface area contributed by atoms with Crippen LogP contribution in [0.25, 0.3) is 33.4 Å². The van der Waals surface area contributed by atoms with Crippen molar-refractivity contribution in [1.29, 1.82) is 0 Å². The van der Waals surface area contributed by atoms with Crippen LogP contribution < -0.4 is 10.9 Å². The zero-order valence-electron chi connectivity index (χ0n) is 14.9. The molecule has 1 amide bonds. The van der Waals surface area contributed by atoms with Gasteiger partial charge in [0.05, 0.1) is 27.7 Å². The van der Waals surface area contributed by atoms with Gasteiger partial charge in [-0.3, -0.25) is 4.79 Å². The van der Waals surface area contributed by atoms with Gasteiger partial charge in [0.15, 0.2) is 0 Å². The highest BCUT2D eigenvalue weighted by atomic mass is 16.4. The number of nitrogens with zero attached hydrogens (tertiary/aromatic N) is 3. The van der Waals surface area contributed by atoms with E-state index in [2.05, 4.69) is 25.7 Å². The van der Waals surface area contributed by atoms with Crippen molar-refractivity contribution in [2.45, 2.75) is 0 Å². The predicted molar refractivity (Wildman–Crippen MR) is 108 cm³/mol. The van der Waals surface area contributed by atoms with Gasteiger partial charge in [0.1, 0.15) is 11.0 Å². The van der Waals surface area contributed by atoms with Gasteiger partial charge < -0.3 is 9.73 Å². The topological polar surface area (TPSA) is 114 Å². The molecule has 8 nitrogen and oxygen atoms in total. The van der Waals surface area contributed by atoms with Crippen molar-refractivity contribution in [2.24, 2.45) is 0 Å². The van der Waals surface area contributed by atoms with E-state index in [1.165, 1.54) is 0 Å². The fraction of sp³-hybridized carbons (Fsp3) is 0. The Morgan fingerprint density at radius 1 is 0.897 bits per heavy atom. The minimum Gasteiger partial charge on any atom is -0.403 e. The summed E-state index contributed by atoms with van der Waals surface area (Å²) in [6.45, 7) is 0. The average Bonchev–Trinajstić information content (AvgIpc) is 3.23. The number of aromatic amines is 1. The Morgan fingerprint density at radius 3 is 2.62 bits per heavy atom. The number of H-pyrrole nitrogens is 1. The summed E-state index contributed by atoms with van der Waals surface area (Å²) in [5.74, 6) is -0.232. The molecule has 0 unspecified atom stereocenters. The van der Waals surface area contributed by atoms with Gasteiger partial charge >= 0.3 is 5.63 Å². The molecule has 0 atom stereocenters. The second kappa shape index (κ2) is 6.68. The molecule has 2 N–H and O–H groups in total. The van der Waals surface area contributed by atoms with Gasteiger partial charge in [-0.1, -0.05) is 30.3 Å². The molecule has 0 aliphatic rings. The number of anilines is 1. The summed E-state index contributed by atoms with van der Waals surface area (Å²) in [6, 6.07) is 19.1. The molecule has 0 fully saturated rings. The van der Waals surface area contributed by atoms with Crippen molar-refractivity contribution in [3.63, 3.8) is 0 Å². The maximum absolute atomic E-state index is 12.9. The molecule has 29 heavy (non-hydrogen) atoms. The Kier molecular flexibility index (Phi) is 3.87. The van der Waals surface area contributed by atoms with Crippen molar-refractivity contribution < 1.29 is 9.21 Å². The van der Waals surface area contributed by atoms with Crippen molar-refractivity contribution in [2.75, 3.05) is 5.32 Å². The maximum atomic E-state index is 12.9. The van der Waals surface area contributed by atoms with Crippen molar-refractivity contribution in [3.8, 4) is 11.5 Å². The Labute approximate surface area is 163 Å². The number of fused-ring (bicyclic) bond motifs is 2. The Morgan fingerprint density at radius 2 is 1.69 bits per heavy atom. The Balaban J connectivity index is 1.58. The lowest BCUT2D eigenvalue weighted by atomic mass is 10.1. The van der Waals surface area contributed by atoms with Gasteiger partial charge in [-0.25, -0.2) is 9.78 Å². The van der Waals surface area contributed by atoms with Crippen molar-refractivity contribution in [3.05, 3.63) is 82.7 Å². The quantitative estimate of drug-likeness (QED) is 0.494. The van der Waals surface area contributed by atoms with Crippen LogP contribution in [0.15, 0.2) is 75.9 Å². The molecular weight excluding hydrogens is 370 g/mol. The van der Waals surface area contributed by atoms with Gasteiger partial charge in [0.25, 0.3) is 5.91 Å². The van der Waals surface area contributed by atoms with Crippen LogP contribution in [0.2, 0.25) is 0 Å². The lowest BCUT2D eigenvalue weighted by molar-refractivity contribution is 0.102. The summed E-state index contributed by atoms with van der Waals surface area (Å²) in [5.41, 5.74) is 2.43. The number of aromatic nitrogens is 4. The number of para-hydroxylation sites is 3. The number of amides is 1. The fourth-order valence-corrected chi connectivity index (χ4v) is 3.15. The van der Waals surface area contributed by atoms with E-state index in [1.807, 2.05) is 0 Å². The highest BCUT2D eigenvalue weighted by Crippen LogP contribution is 2.27. The molecular formula is C21H13N5O3. The summed E-state index contributed by atoms with van der Waals surface area (Å²) in [6.07, 6.45) is 0. The van der Waals surface area contributed by atoms with E-state index in [-0.39, 0.29) is 11.8 Å². The summed E-state index contributed by atoms with van der Waals surface area (Å²) >= 11 is 0. The normalized spacial score (nSPS) is 11.0. The summed E-state index contributed by atoms with van der Waals surface area (Å²) in [5, 5.41) is 13.8. The lowest BCUT2D eigenvalue weighted by Gasteiger charge is -2.10. The molecule has 5 aromatic rings. The first-order chi connectivity index (χ1) is 14.2. The molecule has 0 aliphatic heterocycles. The maximum Gasteiger partial charge on any atom is 0.347 e. The van der Waals surface area contributed by atoms with Crippen LogP contribution in [-0.2, 0) is 0 Å². The van der Waals surface area contributed by atoms with Gasteiger partial charge in [-0.05, 0) is 36.4 Å². The van der Waals surface area contributed by atoms with Gasteiger partial charge in [-0.15, -0.1) is 0 Å². The Bertz CT molecular complexity index is 1440. The monoisotopic (exact) mass is 383 g/mol.